The molecule has 26 heavy (non-hydrogen) atoms. The van der Waals surface area contributed by atoms with Gasteiger partial charge < -0.3 is 9.47 Å². The number of esters is 2. The summed E-state index contributed by atoms with van der Waals surface area (Å²) in [6.07, 6.45) is 17.5. The van der Waals surface area contributed by atoms with Crippen molar-refractivity contribution in [2.45, 2.75) is 102 Å². The molecule has 3 fully saturated rings. The second-order valence-electron chi connectivity index (χ2n) is 8.68. The van der Waals surface area contributed by atoms with Crippen molar-refractivity contribution in [1.82, 2.24) is 0 Å². The van der Waals surface area contributed by atoms with E-state index in [1.165, 1.54) is 44.9 Å². The van der Waals surface area contributed by atoms with Gasteiger partial charge >= 0.3 is 11.9 Å². The minimum atomic E-state index is -0.365. The summed E-state index contributed by atoms with van der Waals surface area (Å²) in [5, 5.41) is 0. The summed E-state index contributed by atoms with van der Waals surface area (Å²) in [7, 11) is 0. The largest absolute Gasteiger partial charge is 0.460 e. The number of hydrogen-bond acceptors (Lipinski definition) is 4. The Morgan fingerprint density at radius 1 is 0.692 bits per heavy atom. The summed E-state index contributed by atoms with van der Waals surface area (Å²) in [4.78, 5) is 25.0. The van der Waals surface area contributed by atoms with Crippen molar-refractivity contribution >= 4 is 11.9 Å². The lowest BCUT2D eigenvalue weighted by Crippen LogP contribution is -2.36. The molecule has 3 aliphatic carbocycles. The van der Waals surface area contributed by atoms with Gasteiger partial charge in [0.2, 0.25) is 0 Å². The summed E-state index contributed by atoms with van der Waals surface area (Å²) in [6, 6.07) is 0. The van der Waals surface area contributed by atoms with Gasteiger partial charge in [-0.2, -0.15) is 0 Å². The van der Waals surface area contributed by atoms with Gasteiger partial charge in [0.1, 0.15) is 6.10 Å². The summed E-state index contributed by atoms with van der Waals surface area (Å²) in [5.41, 5.74) is 0. The van der Waals surface area contributed by atoms with Crippen molar-refractivity contribution in [2.75, 3.05) is 6.61 Å². The summed E-state index contributed by atoms with van der Waals surface area (Å²) in [5.74, 6) is 0.404. The monoisotopic (exact) mass is 364 g/mol. The van der Waals surface area contributed by atoms with Crippen LogP contribution in [0.1, 0.15) is 96.3 Å². The van der Waals surface area contributed by atoms with Crippen LogP contribution in [0.25, 0.3) is 0 Å². The van der Waals surface area contributed by atoms with Gasteiger partial charge in [-0.3, -0.25) is 4.79 Å². The fraction of sp³-hybridized carbons (Fsp3) is 0.909. The third-order valence-corrected chi connectivity index (χ3v) is 6.77. The fourth-order valence-electron chi connectivity index (χ4n) is 5.39. The first kappa shape index (κ1) is 19.7. The third kappa shape index (κ3) is 5.72. The topological polar surface area (TPSA) is 52.6 Å². The SMILES string of the molecule is O=C(COC(=O)C(C1CCCCC1)C1CCCCC1)OC1CCCCC1. The van der Waals surface area contributed by atoms with E-state index in [0.29, 0.717) is 11.8 Å². The molecule has 0 saturated heterocycles. The molecule has 4 nitrogen and oxygen atoms in total. The van der Waals surface area contributed by atoms with Crippen molar-refractivity contribution < 1.29 is 19.1 Å². The molecule has 0 bridgehead atoms. The second kappa shape index (κ2) is 10.3. The molecule has 148 valence electrons. The maximum absolute atomic E-state index is 12.9. The van der Waals surface area contributed by atoms with Gasteiger partial charge in [-0.05, 0) is 63.2 Å². The Morgan fingerprint density at radius 2 is 1.15 bits per heavy atom. The first-order valence-corrected chi connectivity index (χ1v) is 11.1. The smallest absolute Gasteiger partial charge is 0.344 e. The number of ether oxygens (including phenoxy) is 2. The highest BCUT2D eigenvalue weighted by atomic mass is 16.6. The molecule has 0 radical (unpaired) electrons. The Hall–Kier alpha value is -1.06. The quantitative estimate of drug-likeness (QED) is 0.609. The van der Waals surface area contributed by atoms with Gasteiger partial charge in [-0.1, -0.05) is 44.9 Å². The maximum atomic E-state index is 12.9. The number of rotatable bonds is 6. The van der Waals surface area contributed by atoms with E-state index in [4.69, 9.17) is 9.47 Å². The lowest BCUT2D eigenvalue weighted by Gasteiger charge is -2.36. The van der Waals surface area contributed by atoms with E-state index in [1.54, 1.807) is 0 Å². The molecule has 0 unspecified atom stereocenters. The van der Waals surface area contributed by atoms with E-state index in [0.717, 1.165) is 51.4 Å². The zero-order valence-electron chi connectivity index (χ0n) is 16.3. The fourth-order valence-corrected chi connectivity index (χ4v) is 5.39. The normalized spacial score (nSPS) is 23.7. The molecule has 3 aliphatic rings. The molecule has 0 amide bonds. The molecule has 4 heteroatoms. The van der Waals surface area contributed by atoms with Gasteiger partial charge in [-0.15, -0.1) is 0 Å². The van der Waals surface area contributed by atoms with Crippen molar-refractivity contribution in [1.29, 1.82) is 0 Å². The van der Waals surface area contributed by atoms with Gasteiger partial charge in [0.05, 0.1) is 5.92 Å². The summed E-state index contributed by atoms with van der Waals surface area (Å²) in [6.45, 7) is -0.203. The molecule has 3 saturated carbocycles. The van der Waals surface area contributed by atoms with Gasteiger partial charge in [0, 0.05) is 0 Å². The Bertz CT molecular complexity index is 425. The first-order valence-electron chi connectivity index (χ1n) is 11.1. The molecule has 0 spiro atoms. The van der Waals surface area contributed by atoms with E-state index in [-0.39, 0.29) is 30.6 Å². The molecule has 0 aromatic carbocycles. The zero-order valence-corrected chi connectivity index (χ0v) is 16.3. The van der Waals surface area contributed by atoms with Crippen molar-refractivity contribution in [3.8, 4) is 0 Å². The zero-order chi connectivity index (χ0) is 18.2. The predicted molar refractivity (Wildman–Crippen MR) is 101 cm³/mol. The van der Waals surface area contributed by atoms with Crippen LogP contribution in [-0.4, -0.2) is 24.6 Å². The minimum absolute atomic E-state index is 0.00178. The van der Waals surface area contributed by atoms with Crippen LogP contribution in [0.3, 0.4) is 0 Å². The van der Waals surface area contributed by atoms with Crippen molar-refractivity contribution in [2.24, 2.45) is 17.8 Å². The van der Waals surface area contributed by atoms with Crippen molar-refractivity contribution in [3.63, 3.8) is 0 Å². The molecule has 0 aromatic rings. The molecular formula is C22H36O4. The second-order valence-corrected chi connectivity index (χ2v) is 8.68. The molecule has 3 rings (SSSR count). The van der Waals surface area contributed by atoms with E-state index < -0.39 is 0 Å². The van der Waals surface area contributed by atoms with Gasteiger partial charge in [0.15, 0.2) is 6.61 Å². The average Bonchev–Trinajstić information content (AvgIpc) is 2.69. The number of carbonyl (C=O) groups excluding carboxylic acids is 2. The lowest BCUT2D eigenvalue weighted by atomic mass is 9.69. The molecule has 0 aliphatic heterocycles. The van der Waals surface area contributed by atoms with E-state index in [9.17, 15) is 9.59 Å². The Kier molecular flexibility index (Phi) is 7.82. The van der Waals surface area contributed by atoms with Gasteiger partial charge in [0.25, 0.3) is 0 Å². The van der Waals surface area contributed by atoms with E-state index in [2.05, 4.69) is 0 Å². The lowest BCUT2D eigenvalue weighted by molar-refractivity contribution is -0.168. The van der Waals surface area contributed by atoms with Crippen LogP contribution in [0.4, 0.5) is 0 Å². The Balaban J connectivity index is 1.51. The van der Waals surface area contributed by atoms with E-state index in [1.807, 2.05) is 0 Å². The van der Waals surface area contributed by atoms with E-state index >= 15 is 0 Å². The first-order chi connectivity index (χ1) is 12.7. The Morgan fingerprint density at radius 3 is 1.65 bits per heavy atom. The highest BCUT2D eigenvalue weighted by Gasteiger charge is 2.37. The summed E-state index contributed by atoms with van der Waals surface area (Å²) >= 11 is 0. The van der Waals surface area contributed by atoms with Crippen LogP contribution in [0.5, 0.6) is 0 Å². The number of carbonyl (C=O) groups is 2. The standard InChI is InChI=1S/C22H36O4/c23-20(26-19-14-8-3-9-15-19)16-25-22(24)21(17-10-4-1-5-11-17)18-12-6-2-7-13-18/h17-19,21H,1-16H2. The highest BCUT2D eigenvalue weighted by molar-refractivity contribution is 5.78. The molecule has 0 atom stereocenters. The molecule has 0 heterocycles. The van der Waals surface area contributed by atoms with Crippen LogP contribution >= 0.6 is 0 Å². The third-order valence-electron chi connectivity index (χ3n) is 6.77. The average molecular weight is 365 g/mol. The van der Waals surface area contributed by atoms with Crippen LogP contribution in [0, 0.1) is 17.8 Å². The summed E-state index contributed by atoms with van der Waals surface area (Å²) < 4.78 is 11.0. The van der Waals surface area contributed by atoms with Crippen LogP contribution in [0.15, 0.2) is 0 Å². The van der Waals surface area contributed by atoms with Crippen LogP contribution in [0.2, 0.25) is 0 Å². The van der Waals surface area contributed by atoms with Crippen molar-refractivity contribution in [3.05, 3.63) is 0 Å². The Labute approximate surface area is 158 Å². The maximum Gasteiger partial charge on any atom is 0.344 e. The highest BCUT2D eigenvalue weighted by Crippen LogP contribution is 2.40. The molecular weight excluding hydrogens is 328 g/mol. The van der Waals surface area contributed by atoms with Crippen LogP contribution < -0.4 is 0 Å². The molecule has 0 N–H and O–H groups in total. The predicted octanol–water partition coefficient (Wildman–Crippen LogP) is 5.18. The molecule has 0 aromatic heterocycles. The minimum Gasteiger partial charge on any atom is -0.460 e. The number of hydrogen-bond donors (Lipinski definition) is 0. The van der Waals surface area contributed by atoms with Crippen LogP contribution in [-0.2, 0) is 19.1 Å². The van der Waals surface area contributed by atoms with Gasteiger partial charge in [-0.25, -0.2) is 4.79 Å².